The van der Waals surface area contributed by atoms with Crippen molar-refractivity contribution in [1.82, 2.24) is 5.32 Å². The van der Waals surface area contributed by atoms with Gasteiger partial charge in [0.2, 0.25) is 0 Å². The number of thioether (sulfide) groups is 1. The number of rotatable bonds is 8. The number of carbonyl (C=O) groups is 2. The number of hydrogen-bond acceptors (Lipinski definition) is 8. The Morgan fingerprint density at radius 3 is 2.45 bits per heavy atom. The average molecular weight is 420 g/mol. The summed E-state index contributed by atoms with van der Waals surface area (Å²) in [5.74, 6) is -0.466. The van der Waals surface area contributed by atoms with Gasteiger partial charge in [0, 0.05) is 29.3 Å². The standard InChI is InChI=1S/C20H24N2O6S/c1-5-29-10-9-28-20(24)17-13(3)21-12(2)16(19(23)27-4)18(17)14-7-6-8-15(11-14)22(25)26/h6-8,11,18,21H,5,9-10H2,1-4H3. The maximum absolute atomic E-state index is 12.9. The molecule has 1 aromatic rings. The van der Waals surface area contributed by atoms with Crippen molar-refractivity contribution in [3.05, 3.63) is 62.5 Å². The number of ether oxygens (including phenoxy) is 2. The first-order valence-electron chi connectivity index (χ1n) is 9.07. The third kappa shape index (κ3) is 5.17. The molecule has 1 aliphatic heterocycles. The molecule has 29 heavy (non-hydrogen) atoms. The fourth-order valence-corrected chi connectivity index (χ4v) is 3.70. The number of non-ortho nitro benzene ring substituents is 1. The van der Waals surface area contributed by atoms with E-state index in [1.165, 1.54) is 25.3 Å². The summed E-state index contributed by atoms with van der Waals surface area (Å²) in [7, 11) is 1.25. The number of benzene rings is 1. The third-order valence-corrected chi connectivity index (χ3v) is 5.33. The first-order chi connectivity index (χ1) is 13.8. The van der Waals surface area contributed by atoms with Gasteiger partial charge in [-0.1, -0.05) is 19.1 Å². The Balaban J connectivity index is 2.53. The van der Waals surface area contributed by atoms with Gasteiger partial charge in [0.05, 0.1) is 29.1 Å². The summed E-state index contributed by atoms with van der Waals surface area (Å²) in [6.45, 7) is 5.64. The van der Waals surface area contributed by atoms with Crippen LogP contribution in [0.25, 0.3) is 0 Å². The van der Waals surface area contributed by atoms with Gasteiger partial charge in [-0.05, 0) is 25.2 Å². The molecular formula is C20H24N2O6S. The normalized spacial score (nSPS) is 16.3. The third-order valence-electron chi connectivity index (χ3n) is 4.46. The zero-order valence-electron chi connectivity index (χ0n) is 16.8. The van der Waals surface area contributed by atoms with Crippen molar-refractivity contribution in [1.29, 1.82) is 0 Å². The van der Waals surface area contributed by atoms with Crippen LogP contribution in [0, 0.1) is 10.1 Å². The maximum atomic E-state index is 12.9. The van der Waals surface area contributed by atoms with Crippen LogP contribution in [0.1, 0.15) is 32.3 Å². The molecule has 1 heterocycles. The van der Waals surface area contributed by atoms with E-state index in [2.05, 4.69) is 5.32 Å². The number of dihydropyridines is 1. The second-order valence-electron chi connectivity index (χ2n) is 6.31. The molecule has 0 spiro atoms. The van der Waals surface area contributed by atoms with E-state index in [0.717, 1.165) is 5.75 Å². The summed E-state index contributed by atoms with van der Waals surface area (Å²) >= 11 is 1.64. The van der Waals surface area contributed by atoms with Crippen LogP contribution in [-0.2, 0) is 19.1 Å². The van der Waals surface area contributed by atoms with Gasteiger partial charge in [0.15, 0.2) is 0 Å². The maximum Gasteiger partial charge on any atom is 0.336 e. The molecule has 0 amide bonds. The highest BCUT2D eigenvalue weighted by atomic mass is 32.2. The quantitative estimate of drug-likeness (QED) is 0.295. The molecule has 0 aliphatic carbocycles. The van der Waals surface area contributed by atoms with Crippen LogP contribution >= 0.6 is 11.8 Å². The first-order valence-corrected chi connectivity index (χ1v) is 10.2. The first kappa shape index (κ1) is 22.5. The number of nitro groups is 1. The zero-order valence-corrected chi connectivity index (χ0v) is 17.6. The lowest BCUT2D eigenvalue weighted by molar-refractivity contribution is -0.384. The van der Waals surface area contributed by atoms with E-state index in [4.69, 9.17) is 9.47 Å². The lowest BCUT2D eigenvalue weighted by Crippen LogP contribution is -2.32. The minimum absolute atomic E-state index is 0.132. The minimum atomic E-state index is -0.838. The summed E-state index contributed by atoms with van der Waals surface area (Å²) < 4.78 is 10.3. The van der Waals surface area contributed by atoms with Crippen LogP contribution < -0.4 is 5.32 Å². The van der Waals surface area contributed by atoms with Gasteiger partial charge in [-0.25, -0.2) is 9.59 Å². The molecule has 0 aromatic heterocycles. The molecule has 0 bridgehead atoms. The molecule has 1 unspecified atom stereocenters. The van der Waals surface area contributed by atoms with E-state index in [9.17, 15) is 19.7 Å². The summed E-state index contributed by atoms with van der Waals surface area (Å²) in [6, 6.07) is 5.89. The zero-order chi connectivity index (χ0) is 21.6. The Hall–Kier alpha value is -2.81. The molecule has 1 N–H and O–H groups in total. The molecule has 156 valence electrons. The molecule has 1 aliphatic rings. The van der Waals surface area contributed by atoms with Crippen LogP contribution in [0.4, 0.5) is 5.69 Å². The highest BCUT2D eigenvalue weighted by Crippen LogP contribution is 2.40. The topological polar surface area (TPSA) is 108 Å². The van der Waals surface area contributed by atoms with E-state index in [1.54, 1.807) is 31.7 Å². The summed E-state index contributed by atoms with van der Waals surface area (Å²) in [5.41, 5.74) is 1.80. The van der Waals surface area contributed by atoms with Gasteiger partial charge in [-0.3, -0.25) is 10.1 Å². The second-order valence-corrected chi connectivity index (χ2v) is 7.71. The molecule has 0 saturated heterocycles. The van der Waals surface area contributed by atoms with Crippen LogP contribution in [0.15, 0.2) is 46.8 Å². The van der Waals surface area contributed by atoms with E-state index in [0.29, 0.717) is 22.7 Å². The van der Waals surface area contributed by atoms with Crippen molar-refractivity contribution in [2.75, 3.05) is 25.2 Å². The molecule has 1 aromatic carbocycles. The van der Waals surface area contributed by atoms with Crippen molar-refractivity contribution in [3.8, 4) is 0 Å². The number of hydrogen-bond donors (Lipinski definition) is 1. The van der Waals surface area contributed by atoms with Gasteiger partial charge in [-0.15, -0.1) is 0 Å². The molecular weight excluding hydrogens is 396 g/mol. The van der Waals surface area contributed by atoms with E-state index in [-0.39, 0.29) is 23.4 Å². The largest absolute Gasteiger partial charge is 0.466 e. The van der Waals surface area contributed by atoms with Gasteiger partial charge in [0.25, 0.3) is 5.69 Å². The smallest absolute Gasteiger partial charge is 0.336 e. The SMILES string of the molecule is CCSCCOC(=O)C1=C(C)NC(C)=C(C(=O)OC)C1c1cccc([N+](=O)[O-])c1. The summed E-state index contributed by atoms with van der Waals surface area (Å²) in [4.78, 5) is 36.1. The lowest BCUT2D eigenvalue weighted by atomic mass is 9.80. The Bertz CT molecular complexity index is 877. The van der Waals surface area contributed by atoms with Gasteiger partial charge in [-0.2, -0.15) is 11.8 Å². The van der Waals surface area contributed by atoms with Gasteiger partial charge >= 0.3 is 11.9 Å². The fraction of sp³-hybridized carbons (Fsp3) is 0.400. The van der Waals surface area contributed by atoms with Crippen LogP contribution in [0.5, 0.6) is 0 Å². The molecule has 1 atom stereocenters. The lowest BCUT2D eigenvalue weighted by Gasteiger charge is -2.30. The number of nitro benzene ring substituents is 1. The van der Waals surface area contributed by atoms with Gasteiger partial charge < -0.3 is 14.8 Å². The number of methoxy groups -OCH3 is 1. The van der Waals surface area contributed by atoms with Crippen LogP contribution in [-0.4, -0.2) is 42.1 Å². The van der Waals surface area contributed by atoms with Gasteiger partial charge in [0.1, 0.15) is 6.61 Å². The Labute approximate surface area is 173 Å². The Morgan fingerprint density at radius 2 is 1.86 bits per heavy atom. The number of nitrogens with zero attached hydrogens (tertiary/aromatic N) is 1. The fourth-order valence-electron chi connectivity index (χ4n) is 3.21. The van der Waals surface area contributed by atoms with Crippen molar-refractivity contribution in [3.63, 3.8) is 0 Å². The highest BCUT2D eigenvalue weighted by Gasteiger charge is 2.38. The monoisotopic (exact) mass is 420 g/mol. The highest BCUT2D eigenvalue weighted by molar-refractivity contribution is 7.99. The predicted molar refractivity (Wildman–Crippen MR) is 110 cm³/mol. The summed E-state index contributed by atoms with van der Waals surface area (Å²) in [5, 5.41) is 14.3. The number of carbonyl (C=O) groups excluding carboxylic acids is 2. The second kappa shape index (κ2) is 10.1. The molecule has 0 fully saturated rings. The number of nitrogens with one attached hydrogen (secondary N) is 1. The van der Waals surface area contributed by atoms with Crippen LogP contribution in [0.2, 0.25) is 0 Å². The Morgan fingerprint density at radius 1 is 1.21 bits per heavy atom. The predicted octanol–water partition coefficient (Wildman–Crippen LogP) is 3.30. The molecule has 2 rings (SSSR count). The molecule has 0 saturated carbocycles. The van der Waals surface area contributed by atoms with Crippen molar-refractivity contribution in [2.24, 2.45) is 0 Å². The summed E-state index contributed by atoms with van der Waals surface area (Å²) in [6.07, 6.45) is 0. The van der Waals surface area contributed by atoms with Crippen molar-refractivity contribution in [2.45, 2.75) is 26.7 Å². The molecule has 8 nitrogen and oxygen atoms in total. The van der Waals surface area contributed by atoms with E-state index >= 15 is 0 Å². The number of esters is 2. The van der Waals surface area contributed by atoms with Crippen molar-refractivity contribution >= 4 is 29.4 Å². The van der Waals surface area contributed by atoms with Crippen LogP contribution in [0.3, 0.4) is 0 Å². The van der Waals surface area contributed by atoms with E-state index in [1.807, 2.05) is 6.92 Å². The minimum Gasteiger partial charge on any atom is -0.466 e. The van der Waals surface area contributed by atoms with E-state index < -0.39 is 22.8 Å². The Kier molecular flexibility index (Phi) is 7.83. The molecule has 9 heteroatoms. The molecule has 0 radical (unpaired) electrons. The number of allylic oxidation sites excluding steroid dienone is 2. The van der Waals surface area contributed by atoms with Crippen molar-refractivity contribution < 1.29 is 24.0 Å². The average Bonchev–Trinajstić information content (AvgIpc) is 2.70.